The molecule has 0 saturated heterocycles. The van der Waals surface area contributed by atoms with Crippen LogP contribution in [0.2, 0.25) is 0 Å². The van der Waals surface area contributed by atoms with Crippen LogP contribution in [0.1, 0.15) is 44.6 Å². The number of benzene rings is 1. The van der Waals surface area contributed by atoms with E-state index in [1.807, 2.05) is 12.1 Å². The Hall–Kier alpha value is -0.670. The van der Waals surface area contributed by atoms with E-state index >= 15 is 0 Å². The summed E-state index contributed by atoms with van der Waals surface area (Å²) in [5, 5.41) is 3.77. The Kier molecular flexibility index (Phi) is 6.43. The van der Waals surface area contributed by atoms with Crippen molar-refractivity contribution < 1.29 is 4.74 Å². The number of para-hydroxylation sites is 1. The summed E-state index contributed by atoms with van der Waals surface area (Å²) in [5.74, 6) is 1.00. The summed E-state index contributed by atoms with van der Waals surface area (Å²) in [6, 6.07) is 8.82. The summed E-state index contributed by atoms with van der Waals surface area (Å²) in [7, 11) is 1.75. The topological polar surface area (TPSA) is 21.3 Å². The predicted octanol–water partition coefficient (Wildman–Crippen LogP) is 4.28. The summed E-state index contributed by atoms with van der Waals surface area (Å²) in [5.41, 5.74) is 1.29. The van der Waals surface area contributed by atoms with Gasteiger partial charge >= 0.3 is 0 Å². The van der Waals surface area contributed by atoms with Crippen molar-refractivity contribution in [2.24, 2.45) is 0 Å². The third-order valence-electron chi connectivity index (χ3n) is 4.69. The van der Waals surface area contributed by atoms with Gasteiger partial charge in [0.05, 0.1) is 7.11 Å². The van der Waals surface area contributed by atoms with Crippen molar-refractivity contribution in [1.29, 1.82) is 0 Å². The van der Waals surface area contributed by atoms with Crippen molar-refractivity contribution in [3.05, 3.63) is 29.8 Å². The van der Waals surface area contributed by atoms with Crippen LogP contribution in [0.25, 0.3) is 0 Å². The first-order chi connectivity index (χ1) is 10.2. The van der Waals surface area contributed by atoms with Crippen molar-refractivity contribution in [3.63, 3.8) is 0 Å². The van der Waals surface area contributed by atoms with E-state index < -0.39 is 0 Å². The zero-order valence-electron chi connectivity index (χ0n) is 13.7. The molecule has 1 fully saturated rings. The Morgan fingerprint density at radius 2 is 1.95 bits per heavy atom. The molecule has 3 heteroatoms. The molecule has 1 atom stereocenters. The second kappa shape index (κ2) is 8.09. The maximum Gasteiger partial charge on any atom is 0.122 e. The highest BCUT2D eigenvalue weighted by molar-refractivity contribution is 8.00. The van der Waals surface area contributed by atoms with Gasteiger partial charge in [-0.1, -0.05) is 37.5 Å². The van der Waals surface area contributed by atoms with Crippen LogP contribution in [0, 0.1) is 0 Å². The second-order valence-corrected chi connectivity index (χ2v) is 7.52. The van der Waals surface area contributed by atoms with E-state index in [1.54, 1.807) is 7.11 Å². The lowest BCUT2D eigenvalue weighted by molar-refractivity contribution is 0.362. The number of ether oxygens (including phenoxy) is 1. The van der Waals surface area contributed by atoms with Crippen LogP contribution in [-0.2, 0) is 6.42 Å². The molecule has 1 unspecified atom stereocenters. The van der Waals surface area contributed by atoms with Gasteiger partial charge in [-0.05, 0) is 44.1 Å². The SMILES string of the molecule is COc1ccccc1CC(C)NCC1(SC)CCCCC1. The van der Waals surface area contributed by atoms with Gasteiger partial charge in [0.25, 0.3) is 0 Å². The van der Waals surface area contributed by atoms with E-state index in [9.17, 15) is 0 Å². The largest absolute Gasteiger partial charge is 0.496 e. The van der Waals surface area contributed by atoms with E-state index in [0.717, 1.165) is 18.7 Å². The summed E-state index contributed by atoms with van der Waals surface area (Å²) in [4.78, 5) is 0. The monoisotopic (exact) mass is 307 g/mol. The van der Waals surface area contributed by atoms with E-state index in [-0.39, 0.29) is 0 Å². The van der Waals surface area contributed by atoms with Gasteiger partial charge < -0.3 is 10.1 Å². The lowest BCUT2D eigenvalue weighted by atomic mass is 9.88. The molecule has 1 N–H and O–H groups in total. The number of thioether (sulfide) groups is 1. The average Bonchev–Trinajstić information content (AvgIpc) is 2.54. The third kappa shape index (κ3) is 4.65. The Bertz CT molecular complexity index is 429. The number of hydrogen-bond acceptors (Lipinski definition) is 3. The molecule has 0 bridgehead atoms. The fraction of sp³-hybridized carbons (Fsp3) is 0.667. The van der Waals surface area contributed by atoms with Gasteiger partial charge in [0.15, 0.2) is 0 Å². The quantitative estimate of drug-likeness (QED) is 0.812. The number of nitrogens with one attached hydrogen (secondary N) is 1. The molecular formula is C18H29NOS. The second-order valence-electron chi connectivity index (χ2n) is 6.25. The van der Waals surface area contributed by atoms with Crippen LogP contribution in [0.15, 0.2) is 24.3 Å². The molecule has 0 amide bonds. The summed E-state index contributed by atoms with van der Waals surface area (Å²) in [6.07, 6.45) is 10.2. The number of hydrogen-bond donors (Lipinski definition) is 1. The highest BCUT2D eigenvalue weighted by atomic mass is 32.2. The van der Waals surface area contributed by atoms with Gasteiger partial charge in [-0.2, -0.15) is 11.8 Å². The van der Waals surface area contributed by atoms with Crippen molar-refractivity contribution >= 4 is 11.8 Å². The van der Waals surface area contributed by atoms with Gasteiger partial charge in [-0.25, -0.2) is 0 Å². The maximum atomic E-state index is 5.45. The molecule has 1 aromatic rings. The van der Waals surface area contributed by atoms with Gasteiger partial charge in [0, 0.05) is 17.3 Å². The molecule has 2 nitrogen and oxygen atoms in total. The van der Waals surface area contributed by atoms with Gasteiger partial charge in [0.2, 0.25) is 0 Å². The van der Waals surface area contributed by atoms with E-state index in [4.69, 9.17) is 4.74 Å². The van der Waals surface area contributed by atoms with Crippen molar-refractivity contribution in [1.82, 2.24) is 5.32 Å². The minimum atomic E-state index is 0.466. The zero-order valence-corrected chi connectivity index (χ0v) is 14.5. The van der Waals surface area contributed by atoms with Gasteiger partial charge in [-0.15, -0.1) is 0 Å². The number of rotatable bonds is 7. The minimum Gasteiger partial charge on any atom is -0.496 e. The van der Waals surface area contributed by atoms with Crippen LogP contribution in [-0.4, -0.2) is 30.7 Å². The molecule has 1 aromatic carbocycles. The molecule has 1 aliphatic rings. The fourth-order valence-corrected chi connectivity index (χ4v) is 4.21. The standard InChI is InChI=1S/C18H29NOS/c1-15(13-16-9-5-6-10-17(16)20-2)19-14-18(21-3)11-7-4-8-12-18/h5-6,9-10,15,19H,4,7-8,11-14H2,1-3H3. The molecule has 1 saturated carbocycles. The average molecular weight is 308 g/mol. The summed E-state index contributed by atoms with van der Waals surface area (Å²) in [6.45, 7) is 3.41. The van der Waals surface area contributed by atoms with Crippen LogP contribution in [0.5, 0.6) is 5.75 Å². The zero-order chi connectivity index (χ0) is 15.1. The lowest BCUT2D eigenvalue weighted by Crippen LogP contribution is -2.43. The van der Waals surface area contributed by atoms with E-state index in [1.165, 1.54) is 37.7 Å². The number of methoxy groups -OCH3 is 1. The van der Waals surface area contributed by atoms with E-state index in [2.05, 4.69) is 42.4 Å². The molecule has 0 heterocycles. The highest BCUT2D eigenvalue weighted by Gasteiger charge is 2.31. The molecule has 0 aromatic heterocycles. The van der Waals surface area contributed by atoms with Crippen molar-refractivity contribution in [3.8, 4) is 5.75 Å². The smallest absolute Gasteiger partial charge is 0.122 e. The highest BCUT2D eigenvalue weighted by Crippen LogP contribution is 2.38. The molecule has 118 valence electrons. The molecule has 0 aliphatic heterocycles. The van der Waals surface area contributed by atoms with E-state index in [0.29, 0.717) is 10.8 Å². The van der Waals surface area contributed by atoms with Gasteiger partial charge in [0.1, 0.15) is 5.75 Å². The maximum absolute atomic E-state index is 5.45. The Morgan fingerprint density at radius 3 is 2.62 bits per heavy atom. The molecule has 0 radical (unpaired) electrons. The fourth-order valence-electron chi connectivity index (χ4n) is 3.28. The Balaban J connectivity index is 1.88. The molecule has 2 rings (SSSR count). The predicted molar refractivity (Wildman–Crippen MR) is 93.5 cm³/mol. The minimum absolute atomic E-state index is 0.466. The molecule has 21 heavy (non-hydrogen) atoms. The Morgan fingerprint density at radius 1 is 1.24 bits per heavy atom. The third-order valence-corrected chi connectivity index (χ3v) is 6.11. The van der Waals surface area contributed by atoms with Crippen LogP contribution >= 0.6 is 11.8 Å². The van der Waals surface area contributed by atoms with Gasteiger partial charge in [-0.3, -0.25) is 0 Å². The molecular weight excluding hydrogens is 278 g/mol. The van der Waals surface area contributed by atoms with Crippen LogP contribution in [0.4, 0.5) is 0 Å². The normalized spacial score (nSPS) is 19.2. The molecule has 0 spiro atoms. The summed E-state index contributed by atoms with van der Waals surface area (Å²) >= 11 is 2.06. The summed E-state index contributed by atoms with van der Waals surface area (Å²) < 4.78 is 5.92. The molecule has 1 aliphatic carbocycles. The lowest BCUT2D eigenvalue weighted by Gasteiger charge is -2.37. The van der Waals surface area contributed by atoms with Crippen LogP contribution < -0.4 is 10.1 Å². The Labute approximate surface area is 134 Å². The first-order valence-corrected chi connectivity index (χ1v) is 9.32. The van der Waals surface area contributed by atoms with Crippen molar-refractivity contribution in [2.45, 2.75) is 56.2 Å². The van der Waals surface area contributed by atoms with Crippen LogP contribution in [0.3, 0.4) is 0 Å². The first kappa shape index (κ1) is 16.7. The first-order valence-electron chi connectivity index (χ1n) is 8.09. The van der Waals surface area contributed by atoms with Crippen molar-refractivity contribution in [2.75, 3.05) is 19.9 Å².